The zero-order valence-electron chi connectivity index (χ0n) is 17.5. The van der Waals surface area contributed by atoms with Gasteiger partial charge in [0.25, 0.3) is 0 Å². The highest BCUT2D eigenvalue weighted by Gasteiger charge is 2.56. The van der Waals surface area contributed by atoms with Gasteiger partial charge >= 0.3 is 6.11 Å². The Morgan fingerprint density at radius 2 is 1.09 bits per heavy atom. The van der Waals surface area contributed by atoms with Crippen molar-refractivity contribution >= 4 is 0 Å². The SMILES string of the molecule is C.CC1CCC(C2CC(F)C(C(F)(F)OC3CC(F)C(F)C(F)C3)C(F)C2)CC1.O.O.O. The largest absolute Gasteiger partial charge is 0.412 e. The number of hydrogen-bond donors (Lipinski definition) is 0. The molecule has 0 saturated heterocycles. The zero-order valence-corrected chi connectivity index (χ0v) is 17.5. The molecule has 3 fully saturated rings. The molecule has 4 unspecified atom stereocenters. The molecule has 0 spiro atoms. The molecule has 0 amide bonds. The Balaban J connectivity index is 0. The molecule has 11 heteroatoms. The Bertz CT molecular complexity index is 498. The standard InChI is InChI=1S/C20H29F7O.CH4.3H2O/c1-10-2-4-11(5-3-10)12-6-14(21)18(15(22)7-12)20(26,27)28-13-8-16(23)19(25)17(24)9-13;;;;/h10-19H,2-9H2,1H3;1H4;3*1H2. The quantitative estimate of drug-likeness (QED) is 0.536. The van der Waals surface area contributed by atoms with Gasteiger partial charge in [0.2, 0.25) is 0 Å². The summed E-state index contributed by atoms with van der Waals surface area (Å²) in [5.74, 6) is -1.86. The van der Waals surface area contributed by atoms with Crippen LogP contribution in [0.3, 0.4) is 0 Å². The first-order chi connectivity index (χ1) is 13.1. The van der Waals surface area contributed by atoms with Crippen molar-refractivity contribution in [3.8, 4) is 0 Å². The molecule has 6 N–H and O–H groups in total. The van der Waals surface area contributed by atoms with Crippen LogP contribution in [-0.2, 0) is 4.74 Å². The predicted octanol–water partition coefficient (Wildman–Crippen LogP) is 4.46. The van der Waals surface area contributed by atoms with E-state index in [0.29, 0.717) is 5.92 Å². The molecule has 0 aromatic carbocycles. The Morgan fingerprint density at radius 1 is 0.656 bits per heavy atom. The molecule has 0 aromatic heterocycles. The van der Waals surface area contributed by atoms with Gasteiger partial charge in [-0.25, -0.2) is 22.0 Å². The summed E-state index contributed by atoms with van der Waals surface area (Å²) in [6.07, 6.45) is -15.1. The lowest BCUT2D eigenvalue weighted by Gasteiger charge is -2.43. The van der Waals surface area contributed by atoms with Crippen molar-refractivity contribution in [1.29, 1.82) is 0 Å². The van der Waals surface area contributed by atoms with Crippen LogP contribution in [0.15, 0.2) is 0 Å². The number of hydrogen-bond acceptors (Lipinski definition) is 1. The third-order valence-corrected chi connectivity index (χ3v) is 6.94. The first-order valence-corrected chi connectivity index (χ1v) is 10.3. The molecule has 3 saturated carbocycles. The van der Waals surface area contributed by atoms with Gasteiger partial charge in [0.15, 0.2) is 6.17 Å². The normalized spacial score (nSPS) is 42.4. The lowest BCUT2D eigenvalue weighted by atomic mass is 9.68. The van der Waals surface area contributed by atoms with E-state index in [1.807, 2.05) is 0 Å². The highest BCUT2D eigenvalue weighted by Crippen LogP contribution is 2.48. The van der Waals surface area contributed by atoms with Crippen LogP contribution in [0, 0.1) is 23.7 Å². The van der Waals surface area contributed by atoms with Crippen LogP contribution >= 0.6 is 0 Å². The summed E-state index contributed by atoms with van der Waals surface area (Å²) >= 11 is 0. The van der Waals surface area contributed by atoms with Crippen molar-refractivity contribution in [2.75, 3.05) is 0 Å². The minimum absolute atomic E-state index is 0. The topological polar surface area (TPSA) is 104 Å². The molecular weight excluding hydrogens is 449 g/mol. The molecule has 0 aliphatic heterocycles. The summed E-state index contributed by atoms with van der Waals surface area (Å²) < 4.78 is 103. The number of halogens is 7. The van der Waals surface area contributed by atoms with Gasteiger partial charge in [-0.1, -0.05) is 27.2 Å². The second-order valence-electron chi connectivity index (χ2n) is 9.06. The fourth-order valence-electron chi connectivity index (χ4n) is 5.24. The van der Waals surface area contributed by atoms with E-state index in [2.05, 4.69) is 11.7 Å². The molecule has 196 valence electrons. The van der Waals surface area contributed by atoms with E-state index in [-0.39, 0.29) is 48.5 Å². The van der Waals surface area contributed by atoms with Crippen LogP contribution in [-0.4, -0.2) is 59.5 Å². The van der Waals surface area contributed by atoms with E-state index in [1.165, 1.54) is 0 Å². The Morgan fingerprint density at radius 3 is 1.53 bits per heavy atom. The zero-order chi connectivity index (χ0) is 20.6. The molecule has 0 heterocycles. The van der Waals surface area contributed by atoms with E-state index < -0.39 is 61.8 Å². The van der Waals surface area contributed by atoms with Crippen LogP contribution in [0.2, 0.25) is 0 Å². The lowest BCUT2D eigenvalue weighted by molar-refractivity contribution is -0.323. The van der Waals surface area contributed by atoms with Gasteiger partial charge < -0.3 is 21.2 Å². The van der Waals surface area contributed by atoms with Crippen LogP contribution in [0.4, 0.5) is 30.7 Å². The minimum Gasteiger partial charge on any atom is -0.412 e. The summed E-state index contributed by atoms with van der Waals surface area (Å²) in [5, 5.41) is 0. The lowest BCUT2D eigenvalue weighted by Crippen LogP contribution is -2.52. The van der Waals surface area contributed by atoms with E-state index in [4.69, 9.17) is 0 Å². The summed E-state index contributed by atoms with van der Waals surface area (Å²) in [5.41, 5.74) is 0. The highest BCUT2D eigenvalue weighted by atomic mass is 19.3. The maximum Gasteiger partial charge on any atom is 0.364 e. The highest BCUT2D eigenvalue weighted by molar-refractivity contribution is 4.95. The third-order valence-electron chi connectivity index (χ3n) is 6.94. The molecule has 3 aliphatic rings. The fourth-order valence-corrected chi connectivity index (χ4v) is 5.24. The summed E-state index contributed by atoms with van der Waals surface area (Å²) in [6, 6.07) is 0. The first-order valence-electron chi connectivity index (χ1n) is 10.3. The third kappa shape index (κ3) is 7.43. The van der Waals surface area contributed by atoms with Gasteiger partial charge in [-0.2, -0.15) is 8.78 Å². The molecule has 0 radical (unpaired) electrons. The van der Waals surface area contributed by atoms with Crippen LogP contribution in [0.1, 0.15) is 65.7 Å². The second-order valence-corrected chi connectivity index (χ2v) is 9.06. The van der Waals surface area contributed by atoms with Crippen molar-refractivity contribution in [2.45, 2.75) is 109 Å². The van der Waals surface area contributed by atoms with Gasteiger partial charge in [0.1, 0.15) is 30.6 Å². The van der Waals surface area contributed by atoms with E-state index in [0.717, 1.165) is 25.7 Å². The molecule has 4 nitrogen and oxygen atoms in total. The average Bonchev–Trinajstić information content (AvgIpc) is 2.59. The van der Waals surface area contributed by atoms with Crippen molar-refractivity contribution in [3.63, 3.8) is 0 Å². The number of ether oxygens (including phenoxy) is 1. The van der Waals surface area contributed by atoms with Gasteiger partial charge in [-0.3, -0.25) is 0 Å². The molecule has 4 atom stereocenters. The summed E-state index contributed by atoms with van der Waals surface area (Å²) in [7, 11) is 0. The van der Waals surface area contributed by atoms with Gasteiger partial charge in [0, 0.05) is 12.8 Å². The first kappa shape index (κ1) is 33.5. The predicted molar refractivity (Wildman–Crippen MR) is 108 cm³/mol. The molecule has 0 aromatic rings. The van der Waals surface area contributed by atoms with Crippen molar-refractivity contribution < 1.29 is 51.9 Å². The van der Waals surface area contributed by atoms with E-state index in [1.54, 1.807) is 0 Å². The Labute approximate surface area is 185 Å². The molecule has 32 heavy (non-hydrogen) atoms. The van der Waals surface area contributed by atoms with Crippen molar-refractivity contribution in [2.24, 2.45) is 23.7 Å². The average molecular weight is 489 g/mol. The van der Waals surface area contributed by atoms with Crippen LogP contribution in [0.25, 0.3) is 0 Å². The van der Waals surface area contributed by atoms with Crippen molar-refractivity contribution in [3.05, 3.63) is 0 Å². The van der Waals surface area contributed by atoms with Crippen LogP contribution < -0.4 is 0 Å². The fraction of sp³-hybridized carbons (Fsp3) is 1.00. The Kier molecular flexibility index (Phi) is 13.9. The second kappa shape index (κ2) is 13.3. The Hall–Kier alpha value is -0.650. The minimum atomic E-state index is -4.20. The maximum atomic E-state index is 14.6. The van der Waals surface area contributed by atoms with E-state index in [9.17, 15) is 30.7 Å². The molecular formula is C21H39F7O4. The van der Waals surface area contributed by atoms with Gasteiger partial charge in [-0.15, -0.1) is 0 Å². The van der Waals surface area contributed by atoms with Crippen molar-refractivity contribution in [1.82, 2.24) is 0 Å². The number of rotatable bonds is 4. The van der Waals surface area contributed by atoms with Crippen LogP contribution in [0.5, 0.6) is 0 Å². The van der Waals surface area contributed by atoms with E-state index >= 15 is 0 Å². The maximum absolute atomic E-state index is 14.6. The summed E-state index contributed by atoms with van der Waals surface area (Å²) in [4.78, 5) is 0. The summed E-state index contributed by atoms with van der Waals surface area (Å²) in [6.45, 7) is 2.13. The molecule has 0 bridgehead atoms. The molecule has 3 aliphatic carbocycles. The van der Waals surface area contributed by atoms with Gasteiger partial charge in [0.05, 0.1) is 6.10 Å². The number of alkyl halides is 7. The monoisotopic (exact) mass is 488 g/mol. The molecule has 3 rings (SSSR count). The smallest absolute Gasteiger partial charge is 0.364 e. The van der Waals surface area contributed by atoms with Gasteiger partial charge in [-0.05, 0) is 43.4 Å².